The number of aliphatic hydroxyl groups is 1. The van der Waals surface area contributed by atoms with Crippen molar-refractivity contribution in [3.05, 3.63) is 41.1 Å². The summed E-state index contributed by atoms with van der Waals surface area (Å²) in [6.07, 6.45) is 11.9. The van der Waals surface area contributed by atoms with Gasteiger partial charge in [-0.25, -0.2) is 0 Å². The lowest BCUT2D eigenvalue weighted by Crippen LogP contribution is -2.42. The summed E-state index contributed by atoms with van der Waals surface area (Å²) in [4.78, 5) is 18.9. The number of aromatic nitrogens is 1. The van der Waals surface area contributed by atoms with Gasteiger partial charge in [0.15, 0.2) is 0 Å². The zero-order chi connectivity index (χ0) is 21.2. The Morgan fingerprint density at radius 2 is 2.03 bits per heavy atom. The van der Waals surface area contributed by atoms with Crippen LogP contribution in [0.3, 0.4) is 0 Å². The molecular formula is C23H34BN4O2. The van der Waals surface area contributed by atoms with E-state index in [1.807, 2.05) is 29.4 Å². The molecule has 1 aromatic heterocycles. The number of likely N-dealkylation sites (tertiary alicyclic amines) is 1. The van der Waals surface area contributed by atoms with Gasteiger partial charge in [-0.1, -0.05) is 6.32 Å². The maximum atomic E-state index is 13.0. The zero-order valence-corrected chi connectivity index (χ0v) is 17.9. The number of rotatable bonds is 10. The van der Waals surface area contributed by atoms with Crippen LogP contribution in [0.1, 0.15) is 50.5 Å². The minimum atomic E-state index is -0.116. The Bertz CT molecular complexity index is 732. The highest BCUT2D eigenvalue weighted by Gasteiger charge is 2.29. The van der Waals surface area contributed by atoms with Crippen LogP contribution in [-0.2, 0) is 11.2 Å². The van der Waals surface area contributed by atoms with Crippen LogP contribution in [0.2, 0.25) is 6.32 Å². The third-order valence-electron chi connectivity index (χ3n) is 6.11. The van der Waals surface area contributed by atoms with Gasteiger partial charge in [-0.3, -0.25) is 15.2 Å². The van der Waals surface area contributed by atoms with E-state index < -0.39 is 0 Å². The van der Waals surface area contributed by atoms with Crippen LogP contribution >= 0.6 is 0 Å². The standard InChI is InChI=1S/C23H34BN4O2/c25-22(23(30)28-14-2-1-3-15-28)20-17-19(5-6-21(20)24-10-4-16-29)27-13-9-18-7-11-26-12-8-18/h7-8,11-12,19,25,27,29H,1-6,9-10,13-17H2. The van der Waals surface area contributed by atoms with Gasteiger partial charge in [0.2, 0.25) is 0 Å². The molecule has 3 rings (SSSR count). The molecule has 1 radical (unpaired) electrons. The fourth-order valence-electron chi connectivity index (χ4n) is 4.34. The van der Waals surface area contributed by atoms with Crippen molar-refractivity contribution in [3.8, 4) is 0 Å². The summed E-state index contributed by atoms with van der Waals surface area (Å²) in [7, 11) is 2.14. The third kappa shape index (κ3) is 6.51. The van der Waals surface area contributed by atoms with Crippen LogP contribution < -0.4 is 5.32 Å². The van der Waals surface area contributed by atoms with E-state index in [1.54, 1.807) is 0 Å². The van der Waals surface area contributed by atoms with E-state index in [2.05, 4.69) is 17.6 Å². The van der Waals surface area contributed by atoms with E-state index in [-0.39, 0.29) is 24.3 Å². The number of carbonyl (C=O) groups is 1. The van der Waals surface area contributed by atoms with Gasteiger partial charge < -0.3 is 15.3 Å². The number of carbonyl (C=O) groups excluding carboxylic acids is 1. The first-order chi connectivity index (χ1) is 14.7. The fraction of sp³-hybridized carbons (Fsp3) is 0.609. The van der Waals surface area contributed by atoms with Gasteiger partial charge in [-0.2, -0.15) is 0 Å². The van der Waals surface area contributed by atoms with Crippen molar-refractivity contribution in [2.75, 3.05) is 26.2 Å². The van der Waals surface area contributed by atoms with Crippen molar-refractivity contribution < 1.29 is 9.90 Å². The Morgan fingerprint density at radius 1 is 1.27 bits per heavy atom. The zero-order valence-electron chi connectivity index (χ0n) is 17.9. The van der Waals surface area contributed by atoms with Crippen molar-refractivity contribution in [3.63, 3.8) is 0 Å². The summed E-state index contributed by atoms with van der Waals surface area (Å²) in [5.41, 5.74) is 3.46. The lowest BCUT2D eigenvalue weighted by Gasteiger charge is -2.31. The van der Waals surface area contributed by atoms with Crippen molar-refractivity contribution in [2.24, 2.45) is 0 Å². The first kappa shape index (κ1) is 22.7. The molecule has 1 saturated heterocycles. The summed E-state index contributed by atoms with van der Waals surface area (Å²) in [6, 6.07) is 4.36. The maximum Gasteiger partial charge on any atom is 0.271 e. The van der Waals surface area contributed by atoms with Gasteiger partial charge in [0.05, 0.1) is 0 Å². The van der Waals surface area contributed by atoms with Crippen molar-refractivity contribution in [1.29, 1.82) is 5.41 Å². The van der Waals surface area contributed by atoms with Crippen LogP contribution in [0, 0.1) is 5.41 Å². The average Bonchev–Trinajstić information content (AvgIpc) is 2.80. The highest BCUT2D eigenvalue weighted by Crippen LogP contribution is 2.27. The molecule has 0 aromatic carbocycles. The molecule has 1 amide bonds. The van der Waals surface area contributed by atoms with E-state index in [0.717, 1.165) is 81.9 Å². The van der Waals surface area contributed by atoms with Crippen molar-refractivity contribution in [2.45, 2.75) is 63.7 Å². The number of hydrogen-bond acceptors (Lipinski definition) is 5. The molecule has 0 saturated carbocycles. The second-order valence-corrected chi connectivity index (χ2v) is 8.30. The predicted molar refractivity (Wildman–Crippen MR) is 121 cm³/mol. The average molecular weight is 409 g/mol. The first-order valence-electron chi connectivity index (χ1n) is 11.4. The molecule has 0 bridgehead atoms. The molecule has 1 aliphatic carbocycles. The van der Waals surface area contributed by atoms with Crippen LogP contribution in [-0.4, -0.2) is 66.2 Å². The smallest absolute Gasteiger partial charge is 0.271 e. The van der Waals surface area contributed by atoms with E-state index in [1.165, 1.54) is 12.0 Å². The monoisotopic (exact) mass is 409 g/mol. The van der Waals surface area contributed by atoms with E-state index in [9.17, 15) is 4.79 Å². The maximum absolute atomic E-state index is 13.0. The number of amides is 1. The van der Waals surface area contributed by atoms with E-state index >= 15 is 0 Å². The Morgan fingerprint density at radius 3 is 2.77 bits per heavy atom. The summed E-state index contributed by atoms with van der Waals surface area (Å²) >= 11 is 0. The molecule has 1 unspecified atom stereocenters. The SMILES string of the molecule is N=C(C(=O)N1CCCCC1)C1=C([B]CCCO)CCC(NCCc2ccncc2)C1. The Labute approximate surface area is 180 Å². The lowest BCUT2D eigenvalue weighted by molar-refractivity contribution is -0.124. The molecule has 7 heteroatoms. The molecule has 30 heavy (non-hydrogen) atoms. The molecule has 1 aliphatic heterocycles. The van der Waals surface area contributed by atoms with Gasteiger partial charge in [0.25, 0.3) is 5.91 Å². The van der Waals surface area contributed by atoms with Crippen LogP contribution in [0.25, 0.3) is 0 Å². The number of piperidine rings is 1. The van der Waals surface area contributed by atoms with Gasteiger partial charge in [0, 0.05) is 38.1 Å². The molecule has 1 aromatic rings. The molecule has 0 spiro atoms. The number of allylic oxidation sites excluding steroid dienone is 1. The first-order valence-corrected chi connectivity index (χ1v) is 11.4. The van der Waals surface area contributed by atoms with Gasteiger partial charge in [-0.15, -0.1) is 5.47 Å². The molecule has 2 heterocycles. The summed E-state index contributed by atoms with van der Waals surface area (Å²) in [5, 5.41) is 21.4. The molecule has 6 nitrogen and oxygen atoms in total. The summed E-state index contributed by atoms with van der Waals surface area (Å²) in [6.45, 7) is 2.58. The van der Waals surface area contributed by atoms with Crippen LogP contribution in [0.5, 0.6) is 0 Å². The quantitative estimate of drug-likeness (QED) is 0.315. The van der Waals surface area contributed by atoms with E-state index in [0.29, 0.717) is 0 Å². The molecular weight excluding hydrogens is 375 g/mol. The fourth-order valence-corrected chi connectivity index (χ4v) is 4.34. The number of nitrogens with zero attached hydrogens (tertiary/aromatic N) is 2. The van der Waals surface area contributed by atoms with Crippen molar-refractivity contribution in [1.82, 2.24) is 15.2 Å². The second kappa shape index (κ2) is 12.0. The highest BCUT2D eigenvalue weighted by atomic mass is 16.2. The van der Waals surface area contributed by atoms with Gasteiger partial charge >= 0.3 is 0 Å². The molecule has 1 atom stereocenters. The highest BCUT2D eigenvalue weighted by molar-refractivity contribution is 6.51. The normalized spacial score (nSPS) is 19.6. The lowest BCUT2D eigenvalue weighted by atomic mass is 9.59. The third-order valence-corrected chi connectivity index (χ3v) is 6.11. The topological polar surface area (TPSA) is 89.3 Å². The number of nitrogens with one attached hydrogen (secondary N) is 2. The van der Waals surface area contributed by atoms with Crippen LogP contribution in [0.15, 0.2) is 35.6 Å². The second-order valence-electron chi connectivity index (χ2n) is 8.30. The Kier molecular flexibility index (Phi) is 9.09. The van der Waals surface area contributed by atoms with Crippen molar-refractivity contribution >= 4 is 18.9 Å². The van der Waals surface area contributed by atoms with Crippen LogP contribution in [0.4, 0.5) is 0 Å². The number of pyridine rings is 1. The predicted octanol–water partition coefficient (Wildman–Crippen LogP) is 2.56. The minimum Gasteiger partial charge on any atom is -0.396 e. The number of hydrogen-bond donors (Lipinski definition) is 3. The Hall–Kier alpha value is -1.99. The molecule has 3 N–H and O–H groups in total. The largest absolute Gasteiger partial charge is 0.396 e. The molecule has 161 valence electrons. The molecule has 1 fully saturated rings. The number of aliphatic hydroxyl groups excluding tert-OH is 1. The summed E-state index contributed by atoms with van der Waals surface area (Å²) < 4.78 is 0. The minimum absolute atomic E-state index is 0.116. The Balaban J connectivity index is 1.62. The molecule has 2 aliphatic rings. The van der Waals surface area contributed by atoms with Gasteiger partial charge in [0.1, 0.15) is 13.0 Å². The van der Waals surface area contributed by atoms with Gasteiger partial charge in [-0.05, 0) is 81.2 Å². The summed E-state index contributed by atoms with van der Waals surface area (Å²) in [5.74, 6) is -0.116. The van der Waals surface area contributed by atoms with E-state index in [4.69, 9.17) is 10.5 Å².